The molecule has 1 fully saturated rings. The van der Waals surface area contributed by atoms with Gasteiger partial charge in [0.05, 0.1) is 0 Å². The van der Waals surface area contributed by atoms with Crippen LogP contribution in [0.15, 0.2) is 34.6 Å². The molecule has 0 N–H and O–H groups in total. The van der Waals surface area contributed by atoms with Gasteiger partial charge < -0.3 is 13.7 Å². The van der Waals surface area contributed by atoms with Crippen molar-refractivity contribution in [3.8, 4) is 0 Å². The highest BCUT2D eigenvalue weighted by molar-refractivity contribution is 6.79. The molecule has 3 nitrogen and oxygen atoms in total. The van der Waals surface area contributed by atoms with Gasteiger partial charge in [0.2, 0.25) is 0 Å². The zero-order valence-electron chi connectivity index (χ0n) is 14.2. The normalized spacial score (nSPS) is 14.1. The van der Waals surface area contributed by atoms with Crippen LogP contribution in [0.2, 0.25) is 0 Å². The molecule has 6 heteroatoms. The molecule has 0 bridgehead atoms. The van der Waals surface area contributed by atoms with Gasteiger partial charge >= 0.3 is 21.4 Å². The van der Waals surface area contributed by atoms with Crippen LogP contribution >= 0.6 is 0 Å². The van der Waals surface area contributed by atoms with Gasteiger partial charge in [-0.05, 0) is 41.5 Å². The molecule has 1 rings (SSSR count). The summed E-state index contributed by atoms with van der Waals surface area (Å²) < 4.78 is 17.1. The summed E-state index contributed by atoms with van der Waals surface area (Å²) in [5.41, 5.74) is 3.48. The van der Waals surface area contributed by atoms with Gasteiger partial charge in [-0.3, -0.25) is 0 Å². The van der Waals surface area contributed by atoms with Crippen molar-refractivity contribution in [2.24, 2.45) is 0 Å². The van der Waals surface area contributed by atoms with Crippen molar-refractivity contribution in [2.75, 3.05) is 0 Å². The topological polar surface area (TPSA) is 27.7 Å². The van der Waals surface area contributed by atoms with Gasteiger partial charge in [0.25, 0.3) is 0 Å². The minimum atomic E-state index is -0.357. The Morgan fingerprint density at radius 1 is 0.550 bits per heavy atom. The van der Waals surface area contributed by atoms with E-state index in [9.17, 15) is 0 Å². The van der Waals surface area contributed by atoms with Gasteiger partial charge in [-0.2, -0.15) is 0 Å². The van der Waals surface area contributed by atoms with Crippen molar-refractivity contribution in [1.29, 1.82) is 0 Å². The van der Waals surface area contributed by atoms with E-state index in [0.29, 0.717) is 0 Å². The maximum Gasteiger partial charge on any atom is 0.459 e. The van der Waals surface area contributed by atoms with Crippen molar-refractivity contribution in [3.05, 3.63) is 34.6 Å². The molecule has 0 radical (unpaired) electrons. The van der Waals surface area contributed by atoms with Crippen molar-refractivity contribution >= 4 is 21.4 Å². The van der Waals surface area contributed by atoms with Crippen LogP contribution in [0.3, 0.4) is 0 Å². The van der Waals surface area contributed by atoms with E-state index < -0.39 is 0 Å². The fourth-order valence-electron chi connectivity index (χ4n) is 1.54. The first-order chi connectivity index (χ1) is 9.36. The Hall–Kier alpha value is -0.705. The third-order valence-electron chi connectivity index (χ3n) is 2.21. The second-order valence-electron chi connectivity index (χ2n) is 5.25. The minimum absolute atomic E-state index is 0.357. The third kappa shape index (κ3) is 8.46. The van der Waals surface area contributed by atoms with E-state index >= 15 is 0 Å². The summed E-state index contributed by atoms with van der Waals surface area (Å²) in [4.78, 5) is 0. The van der Waals surface area contributed by atoms with E-state index in [1.165, 1.54) is 0 Å². The van der Waals surface area contributed by atoms with Crippen molar-refractivity contribution in [1.82, 2.24) is 0 Å². The molecule has 0 spiro atoms. The zero-order chi connectivity index (χ0) is 15.7. The Labute approximate surface area is 125 Å². The first-order valence-electron chi connectivity index (χ1n) is 7.28. The molecule has 0 amide bonds. The van der Waals surface area contributed by atoms with E-state index in [1.54, 1.807) is 0 Å². The van der Waals surface area contributed by atoms with Crippen molar-refractivity contribution < 1.29 is 13.7 Å². The molecule has 0 aromatic heterocycles. The Morgan fingerprint density at radius 2 is 0.750 bits per heavy atom. The van der Waals surface area contributed by atoms with E-state index in [4.69, 9.17) is 13.7 Å². The van der Waals surface area contributed by atoms with E-state index in [2.05, 4.69) is 0 Å². The molecule has 1 aliphatic rings. The minimum Gasteiger partial charge on any atom is -0.445 e. The largest absolute Gasteiger partial charge is 0.459 e. The summed E-state index contributed by atoms with van der Waals surface area (Å²) in [6.45, 7) is 16.1. The van der Waals surface area contributed by atoms with Gasteiger partial charge in [-0.25, -0.2) is 0 Å². The highest BCUT2D eigenvalue weighted by Gasteiger charge is 2.37. The molecule has 110 valence electrons. The number of allylic oxidation sites excluding steroid dienone is 3. The van der Waals surface area contributed by atoms with Crippen LogP contribution in [-0.2, 0) is 13.7 Å². The molecule has 0 unspecified atom stereocenters. The average molecular weight is 276 g/mol. The smallest absolute Gasteiger partial charge is 0.445 e. The lowest BCUT2D eigenvalue weighted by Crippen LogP contribution is -2.47. The van der Waals surface area contributed by atoms with Gasteiger partial charge in [0, 0.05) is 0 Å². The molecule has 0 saturated carbocycles. The fourth-order valence-corrected chi connectivity index (χ4v) is 1.54. The van der Waals surface area contributed by atoms with Crippen LogP contribution in [0, 0.1) is 0 Å². The highest BCUT2D eigenvalue weighted by Crippen LogP contribution is 2.14. The van der Waals surface area contributed by atoms with E-state index in [-0.39, 0.29) is 21.4 Å². The lowest BCUT2D eigenvalue weighted by molar-refractivity contribution is 0.305. The molecule has 0 aliphatic carbocycles. The maximum absolute atomic E-state index is 5.69. The molecule has 20 heavy (non-hydrogen) atoms. The number of rotatable bonds is 3. The molecule has 0 aromatic carbocycles. The molecule has 0 aromatic rings. The van der Waals surface area contributed by atoms with Crippen LogP contribution in [0.4, 0.5) is 0 Å². The van der Waals surface area contributed by atoms with Crippen LogP contribution in [0.25, 0.3) is 0 Å². The molecule has 1 saturated heterocycles. The summed E-state index contributed by atoms with van der Waals surface area (Å²) in [7, 11) is -1.07. The molecular weight excluding hydrogens is 249 g/mol. The number of hydrogen-bond acceptors (Lipinski definition) is 3. The summed E-state index contributed by atoms with van der Waals surface area (Å²) in [6.07, 6.45) is 0. The first kappa shape index (κ1) is 19.3. The van der Waals surface area contributed by atoms with Crippen molar-refractivity contribution in [3.63, 3.8) is 0 Å². The SMILES string of the molecule is CC.CC(C)=CB1OB(C=C(C)C)OB(C=C(C)C)O1. The summed E-state index contributed by atoms with van der Waals surface area (Å²) in [6, 6.07) is 0. The van der Waals surface area contributed by atoms with Gasteiger partial charge in [0.15, 0.2) is 0 Å². The summed E-state index contributed by atoms with van der Waals surface area (Å²) in [5, 5.41) is 0. The van der Waals surface area contributed by atoms with Crippen molar-refractivity contribution in [2.45, 2.75) is 55.4 Å². The highest BCUT2D eigenvalue weighted by atomic mass is 16.7. The fraction of sp³-hybridized carbons (Fsp3) is 0.571. The monoisotopic (exact) mass is 276 g/mol. The van der Waals surface area contributed by atoms with Gasteiger partial charge in [-0.15, -0.1) is 0 Å². The quantitative estimate of drug-likeness (QED) is 0.727. The Bertz CT molecular complexity index is 303. The average Bonchev–Trinajstić information content (AvgIpc) is 2.28. The number of hydrogen-bond donors (Lipinski definition) is 0. The third-order valence-corrected chi connectivity index (χ3v) is 2.21. The van der Waals surface area contributed by atoms with Crippen LogP contribution in [0.1, 0.15) is 55.4 Å². The Morgan fingerprint density at radius 3 is 0.900 bits per heavy atom. The van der Waals surface area contributed by atoms with E-state index in [1.807, 2.05) is 73.3 Å². The predicted octanol–water partition coefficient (Wildman–Crippen LogP) is 4.06. The molecule has 0 atom stereocenters. The predicted molar refractivity (Wildman–Crippen MR) is 90.2 cm³/mol. The molecular formula is C14H27B3O3. The second kappa shape index (κ2) is 10.1. The maximum atomic E-state index is 5.69. The first-order valence-corrected chi connectivity index (χ1v) is 7.28. The molecule has 1 heterocycles. The van der Waals surface area contributed by atoms with Gasteiger partial charge in [-0.1, -0.05) is 48.5 Å². The van der Waals surface area contributed by atoms with Crippen LogP contribution in [-0.4, -0.2) is 21.4 Å². The summed E-state index contributed by atoms with van der Waals surface area (Å²) in [5.74, 6) is 5.88. The standard InChI is InChI=1S/C12H21B3O3.C2H6/c1-10(2)7-13-16-14(8-11(3)4)18-15(17-13)9-12(5)6;1-2/h7-9H,1-6H3;1-2H3. The zero-order valence-corrected chi connectivity index (χ0v) is 14.2. The lowest BCUT2D eigenvalue weighted by Gasteiger charge is -2.27. The van der Waals surface area contributed by atoms with Crippen LogP contribution < -0.4 is 0 Å². The Kier molecular flexibility index (Phi) is 9.73. The summed E-state index contributed by atoms with van der Waals surface area (Å²) >= 11 is 0. The van der Waals surface area contributed by atoms with Crippen LogP contribution in [0.5, 0.6) is 0 Å². The van der Waals surface area contributed by atoms with E-state index in [0.717, 1.165) is 16.7 Å². The second-order valence-corrected chi connectivity index (χ2v) is 5.25. The lowest BCUT2D eigenvalue weighted by atomic mass is 9.68. The Balaban J connectivity index is 0.00000172. The van der Waals surface area contributed by atoms with Gasteiger partial charge in [0.1, 0.15) is 0 Å². The molecule has 1 aliphatic heterocycles.